The van der Waals surface area contributed by atoms with E-state index < -0.39 is 11.9 Å². The Balaban J connectivity index is -0.000000422. The molecule has 2 aromatic rings. The normalized spacial score (nSPS) is 8.34. The molecule has 0 spiro atoms. The average Bonchev–Trinajstić information content (AvgIpc) is 2.66. The molecule has 6 N–H and O–H groups in total. The monoisotopic (exact) mass is 463 g/mol. The Bertz CT molecular complexity index is 627. The van der Waals surface area contributed by atoms with Gasteiger partial charge in [-0.25, -0.2) is 9.59 Å². The minimum atomic E-state index is -0.990. The summed E-state index contributed by atoms with van der Waals surface area (Å²) in [7, 11) is 3.13. The van der Waals surface area contributed by atoms with Crippen molar-refractivity contribution in [3.8, 4) is 23.0 Å². The van der Waals surface area contributed by atoms with Crippen LogP contribution in [0.1, 0.15) is 0 Å². The molecule has 0 saturated carbocycles. The molecule has 0 aromatic heterocycles. The SMILES string of the molecule is COc1ccc(OCC(=O)O)cc1.COc1ccc(OCC(=O)O)cc1.O.O.[Cu]. The third kappa shape index (κ3) is 13.8. The van der Waals surface area contributed by atoms with Gasteiger partial charge in [-0.15, -0.1) is 0 Å². The number of carboxylic acids is 2. The van der Waals surface area contributed by atoms with Crippen molar-refractivity contribution in [2.75, 3.05) is 27.4 Å². The zero-order valence-electron chi connectivity index (χ0n) is 15.7. The summed E-state index contributed by atoms with van der Waals surface area (Å²) in [6.45, 7) is -0.654. The number of methoxy groups -OCH3 is 2. The number of hydrogen-bond acceptors (Lipinski definition) is 6. The number of aliphatic carboxylic acids is 2. The van der Waals surface area contributed by atoms with E-state index in [0.29, 0.717) is 23.0 Å². The van der Waals surface area contributed by atoms with Gasteiger partial charge in [0.15, 0.2) is 13.2 Å². The second kappa shape index (κ2) is 17.1. The van der Waals surface area contributed by atoms with Crippen molar-refractivity contribution >= 4 is 11.9 Å². The maximum absolute atomic E-state index is 10.1. The molecular formula is C18H24CuO10. The Morgan fingerprint density at radius 3 is 1.10 bits per heavy atom. The fraction of sp³-hybridized carbons (Fsp3) is 0.222. The molecule has 2 rings (SSSR count). The molecule has 0 fully saturated rings. The molecule has 0 saturated heterocycles. The first kappa shape index (κ1) is 30.7. The molecule has 0 heterocycles. The van der Waals surface area contributed by atoms with Gasteiger partial charge in [0, 0.05) is 17.1 Å². The quantitative estimate of drug-likeness (QED) is 0.536. The number of ether oxygens (including phenoxy) is 4. The van der Waals surface area contributed by atoms with E-state index in [9.17, 15) is 9.59 Å². The molecule has 0 bridgehead atoms. The molecule has 0 aliphatic carbocycles. The molecule has 0 unspecified atom stereocenters. The maximum atomic E-state index is 10.1. The summed E-state index contributed by atoms with van der Waals surface area (Å²) < 4.78 is 19.7. The van der Waals surface area contributed by atoms with Crippen LogP contribution in [0.15, 0.2) is 48.5 Å². The van der Waals surface area contributed by atoms with Crippen LogP contribution in [0.2, 0.25) is 0 Å². The molecular weight excluding hydrogens is 440 g/mol. The van der Waals surface area contributed by atoms with Crippen LogP contribution < -0.4 is 18.9 Å². The van der Waals surface area contributed by atoms with E-state index in [2.05, 4.69) is 0 Å². The van der Waals surface area contributed by atoms with Gasteiger partial charge in [-0.05, 0) is 48.5 Å². The van der Waals surface area contributed by atoms with Crippen LogP contribution in [0.3, 0.4) is 0 Å². The largest absolute Gasteiger partial charge is 0.497 e. The summed E-state index contributed by atoms with van der Waals surface area (Å²) in [6.07, 6.45) is 0. The summed E-state index contributed by atoms with van der Waals surface area (Å²) in [6, 6.07) is 13.4. The predicted molar refractivity (Wildman–Crippen MR) is 99.5 cm³/mol. The first-order valence-electron chi connectivity index (χ1n) is 7.42. The van der Waals surface area contributed by atoms with Crippen molar-refractivity contribution in [3.63, 3.8) is 0 Å². The van der Waals surface area contributed by atoms with E-state index in [-0.39, 0.29) is 41.2 Å². The van der Waals surface area contributed by atoms with E-state index in [1.54, 1.807) is 62.8 Å². The molecule has 1 radical (unpaired) electrons. The Morgan fingerprint density at radius 1 is 0.655 bits per heavy atom. The Hall–Kier alpha value is -2.98. The number of carbonyl (C=O) groups is 2. The standard InChI is InChI=1S/2C9H10O4.Cu.2H2O/c2*1-12-7-2-4-8(5-3-7)13-6-9(10)11;;;/h2*2-5H,6H2,1H3,(H,10,11);;2*1H2. The van der Waals surface area contributed by atoms with Gasteiger partial charge in [-0.3, -0.25) is 0 Å². The molecule has 0 atom stereocenters. The molecule has 0 aliphatic rings. The van der Waals surface area contributed by atoms with Crippen LogP contribution in [0.5, 0.6) is 23.0 Å². The minimum Gasteiger partial charge on any atom is -0.497 e. The Labute approximate surface area is 178 Å². The zero-order chi connectivity index (χ0) is 19.4. The van der Waals surface area contributed by atoms with Crippen molar-refractivity contribution < 1.29 is 66.8 Å². The summed E-state index contributed by atoms with van der Waals surface area (Å²) in [5.41, 5.74) is 0. The number of rotatable bonds is 8. The van der Waals surface area contributed by atoms with Gasteiger partial charge in [0.25, 0.3) is 0 Å². The van der Waals surface area contributed by atoms with Crippen molar-refractivity contribution in [1.29, 1.82) is 0 Å². The molecule has 11 heteroatoms. The van der Waals surface area contributed by atoms with Crippen LogP contribution in [0.4, 0.5) is 0 Å². The van der Waals surface area contributed by atoms with Crippen molar-refractivity contribution in [1.82, 2.24) is 0 Å². The van der Waals surface area contributed by atoms with Crippen LogP contribution in [0.25, 0.3) is 0 Å². The Kier molecular flexibility index (Phi) is 18.2. The molecule has 2 aromatic carbocycles. The second-order valence-corrected chi connectivity index (χ2v) is 4.72. The molecule has 29 heavy (non-hydrogen) atoms. The fourth-order valence-electron chi connectivity index (χ4n) is 1.63. The third-order valence-electron chi connectivity index (χ3n) is 2.84. The van der Waals surface area contributed by atoms with Crippen molar-refractivity contribution in [2.24, 2.45) is 0 Å². The summed E-state index contributed by atoms with van der Waals surface area (Å²) in [5.74, 6) is 0.475. The zero-order valence-corrected chi connectivity index (χ0v) is 16.6. The van der Waals surface area contributed by atoms with E-state index in [0.717, 1.165) is 0 Å². The maximum Gasteiger partial charge on any atom is 0.341 e. The van der Waals surface area contributed by atoms with E-state index in [4.69, 9.17) is 29.2 Å². The predicted octanol–water partition coefficient (Wildman–Crippen LogP) is 0.665. The molecule has 10 nitrogen and oxygen atoms in total. The van der Waals surface area contributed by atoms with Crippen LogP contribution in [-0.2, 0) is 26.7 Å². The number of carboxylic acid groups (broad SMARTS) is 2. The number of benzene rings is 2. The van der Waals surface area contributed by atoms with Gasteiger partial charge < -0.3 is 40.1 Å². The minimum absolute atomic E-state index is 0. The van der Waals surface area contributed by atoms with Gasteiger partial charge in [-0.2, -0.15) is 0 Å². The van der Waals surface area contributed by atoms with Crippen LogP contribution >= 0.6 is 0 Å². The first-order valence-corrected chi connectivity index (χ1v) is 7.42. The topological polar surface area (TPSA) is 175 Å². The average molecular weight is 464 g/mol. The van der Waals surface area contributed by atoms with Crippen LogP contribution in [0, 0.1) is 0 Å². The van der Waals surface area contributed by atoms with Crippen molar-refractivity contribution in [2.45, 2.75) is 0 Å². The fourth-order valence-corrected chi connectivity index (χ4v) is 1.63. The van der Waals surface area contributed by atoms with Gasteiger partial charge in [0.1, 0.15) is 23.0 Å². The van der Waals surface area contributed by atoms with Gasteiger partial charge in [-0.1, -0.05) is 0 Å². The van der Waals surface area contributed by atoms with Crippen LogP contribution in [-0.4, -0.2) is 60.5 Å². The van der Waals surface area contributed by atoms with Crippen molar-refractivity contribution in [3.05, 3.63) is 48.5 Å². The van der Waals surface area contributed by atoms with Gasteiger partial charge >= 0.3 is 11.9 Å². The third-order valence-corrected chi connectivity index (χ3v) is 2.84. The smallest absolute Gasteiger partial charge is 0.341 e. The molecule has 167 valence electrons. The Morgan fingerprint density at radius 2 is 0.897 bits per heavy atom. The molecule has 0 aliphatic heterocycles. The van der Waals surface area contributed by atoms with E-state index in [1.165, 1.54) is 0 Å². The van der Waals surface area contributed by atoms with E-state index in [1.807, 2.05) is 0 Å². The molecule has 0 amide bonds. The van der Waals surface area contributed by atoms with E-state index >= 15 is 0 Å². The first-order chi connectivity index (χ1) is 12.4. The number of hydrogen-bond donors (Lipinski definition) is 2. The summed E-state index contributed by atoms with van der Waals surface area (Å²) in [5, 5.41) is 16.7. The van der Waals surface area contributed by atoms with Gasteiger partial charge in [0.2, 0.25) is 0 Å². The van der Waals surface area contributed by atoms with Gasteiger partial charge in [0.05, 0.1) is 14.2 Å². The summed E-state index contributed by atoms with van der Waals surface area (Å²) in [4.78, 5) is 20.3. The summed E-state index contributed by atoms with van der Waals surface area (Å²) >= 11 is 0. The second-order valence-electron chi connectivity index (χ2n) is 4.72.